The van der Waals surface area contributed by atoms with Gasteiger partial charge in [0.2, 0.25) is 16.0 Å². The molecule has 0 bridgehead atoms. The van der Waals surface area contributed by atoms with Crippen LogP contribution in [0.5, 0.6) is 0 Å². The fourth-order valence-corrected chi connectivity index (χ4v) is 5.09. The second-order valence-electron chi connectivity index (χ2n) is 9.17. The summed E-state index contributed by atoms with van der Waals surface area (Å²) in [4.78, 5) is 20.3. The van der Waals surface area contributed by atoms with Crippen LogP contribution in [0.15, 0.2) is 6.20 Å². The van der Waals surface area contributed by atoms with Crippen molar-refractivity contribution in [3.05, 3.63) is 11.9 Å². The highest BCUT2D eigenvalue weighted by Crippen LogP contribution is 2.30. The largest absolute Gasteiger partial charge is 0.353 e. The number of carbonyl (C=O) groups excluding carboxylic acids is 1. The maximum atomic E-state index is 12.3. The Hall–Kier alpha value is -1.63. The second kappa shape index (κ2) is 7.41. The lowest BCUT2D eigenvalue weighted by molar-refractivity contribution is -0.122. The van der Waals surface area contributed by atoms with Gasteiger partial charge in [-0.25, -0.2) is 9.50 Å². The zero-order valence-electron chi connectivity index (χ0n) is 16.7. The van der Waals surface area contributed by atoms with Crippen LogP contribution in [0.4, 0.5) is 5.13 Å². The quantitative estimate of drug-likeness (QED) is 0.865. The van der Waals surface area contributed by atoms with Gasteiger partial charge in [-0.3, -0.25) is 4.79 Å². The third kappa shape index (κ3) is 4.28. The summed E-state index contributed by atoms with van der Waals surface area (Å²) in [5, 5.41) is 9.04. The zero-order chi connectivity index (χ0) is 19.0. The van der Waals surface area contributed by atoms with Crippen LogP contribution in [0.2, 0.25) is 0 Å². The van der Waals surface area contributed by atoms with Crippen molar-refractivity contribution in [1.29, 1.82) is 0 Å². The summed E-state index contributed by atoms with van der Waals surface area (Å²) in [6.07, 6.45) is 9.81. The Bertz CT molecular complexity index is 759. The fraction of sp³-hybridized carbons (Fsp3) is 0.750. The molecule has 148 valence electrons. The smallest absolute Gasteiger partial charge is 0.220 e. The Balaban J connectivity index is 1.30. The van der Waals surface area contributed by atoms with Crippen LogP contribution in [0.25, 0.3) is 4.96 Å². The molecule has 1 saturated heterocycles. The monoisotopic (exact) mass is 389 g/mol. The normalized spacial score (nSPS) is 19.9. The van der Waals surface area contributed by atoms with E-state index in [9.17, 15) is 4.79 Å². The highest BCUT2D eigenvalue weighted by atomic mass is 32.1. The van der Waals surface area contributed by atoms with Crippen molar-refractivity contribution in [3.63, 3.8) is 0 Å². The lowest BCUT2D eigenvalue weighted by Gasteiger charge is -2.32. The molecule has 1 N–H and O–H groups in total. The van der Waals surface area contributed by atoms with Gasteiger partial charge in [-0.15, -0.1) is 5.10 Å². The van der Waals surface area contributed by atoms with Gasteiger partial charge in [-0.05, 0) is 31.6 Å². The van der Waals surface area contributed by atoms with Gasteiger partial charge in [-0.2, -0.15) is 0 Å². The van der Waals surface area contributed by atoms with Gasteiger partial charge in [0.05, 0.1) is 11.9 Å². The SMILES string of the molecule is CC(C)(C)c1cn2nc(N3CCC(NC(=O)CC4CCCC4)CC3)sc2n1. The maximum absolute atomic E-state index is 12.3. The van der Waals surface area contributed by atoms with E-state index in [2.05, 4.69) is 31.0 Å². The summed E-state index contributed by atoms with van der Waals surface area (Å²) >= 11 is 1.66. The number of hydrogen-bond donors (Lipinski definition) is 1. The molecule has 2 aromatic heterocycles. The molecule has 1 saturated carbocycles. The van der Waals surface area contributed by atoms with E-state index in [-0.39, 0.29) is 11.3 Å². The highest BCUT2D eigenvalue weighted by molar-refractivity contribution is 7.20. The van der Waals surface area contributed by atoms with E-state index in [4.69, 9.17) is 10.1 Å². The molecular formula is C20H31N5OS. The minimum Gasteiger partial charge on any atom is -0.353 e. The Morgan fingerprint density at radius 2 is 1.93 bits per heavy atom. The van der Waals surface area contributed by atoms with E-state index in [0.29, 0.717) is 12.0 Å². The standard InChI is InChI=1S/C20H31N5OS/c1-20(2,3)16-13-25-18(22-16)27-19(23-25)24-10-8-15(9-11-24)21-17(26)12-14-6-4-5-7-14/h13-15H,4-12H2,1-3H3,(H,21,26). The van der Waals surface area contributed by atoms with Gasteiger partial charge in [0.15, 0.2) is 0 Å². The summed E-state index contributed by atoms with van der Waals surface area (Å²) in [6.45, 7) is 8.40. The van der Waals surface area contributed by atoms with E-state index in [0.717, 1.165) is 48.1 Å². The molecule has 0 atom stereocenters. The summed E-state index contributed by atoms with van der Waals surface area (Å²) in [5.74, 6) is 0.873. The van der Waals surface area contributed by atoms with Crippen LogP contribution in [0.1, 0.15) is 71.4 Å². The minimum atomic E-state index is 0.0443. The first-order valence-electron chi connectivity index (χ1n) is 10.3. The summed E-state index contributed by atoms with van der Waals surface area (Å²) < 4.78 is 1.91. The number of aromatic nitrogens is 3. The fourth-order valence-electron chi connectivity index (χ4n) is 4.16. The van der Waals surface area contributed by atoms with Crippen LogP contribution in [0, 0.1) is 5.92 Å². The van der Waals surface area contributed by atoms with Crippen LogP contribution < -0.4 is 10.2 Å². The number of nitrogens with zero attached hydrogens (tertiary/aromatic N) is 4. The van der Waals surface area contributed by atoms with E-state index >= 15 is 0 Å². The Morgan fingerprint density at radius 1 is 1.22 bits per heavy atom. The number of hydrogen-bond acceptors (Lipinski definition) is 5. The average molecular weight is 390 g/mol. The zero-order valence-corrected chi connectivity index (χ0v) is 17.5. The van der Waals surface area contributed by atoms with Crippen molar-refractivity contribution in [2.75, 3.05) is 18.0 Å². The van der Waals surface area contributed by atoms with Gasteiger partial charge in [0.25, 0.3) is 0 Å². The number of piperidine rings is 1. The molecule has 1 aliphatic heterocycles. The summed E-state index contributed by atoms with van der Waals surface area (Å²) in [7, 11) is 0. The Kier molecular flexibility index (Phi) is 5.14. The van der Waals surface area contributed by atoms with Gasteiger partial charge < -0.3 is 10.2 Å². The highest BCUT2D eigenvalue weighted by Gasteiger charge is 2.26. The van der Waals surface area contributed by atoms with E-state index in [1.54, 1.807) is 11.3 Å². The van der Waals surface area contributed by atoms with Crippen LogP contribution >= 0.6 is 11.3 Å². The van der Waals surface area contributed by atoms with Gasteiger partial charge in [0, 0.05) is 31.0 Å². The van der Waals surface area contributed by atoms with Crippen LogP contribution in [-0.4, -0.2) is 39.6 Å². The topological polar surface area (TPSA) is 62.5 Å². The molecule has 2 aliphatic rings. The number of nitrogens with one attached hydrogen (secondary N) is 1. The second-order valence-corrected chi connectivity index (χ2v) is 10.1. The number of carbonyl (C=O) groups is 1. The lowest BCUT2D eigenvalue weighted by Crippen LogP contribution is -2.45. The molecule has 2 aromatic rings. The molecule has 27 heavy (non-hydrogen) atoms. The average Bonchev–Trinajstić information content (AvgIpc) is 3.30. The predicted octanol–water partition coefficient (Wildman–Crippen LogP) is 3.75. The van der Waals surface area contributed by atoms with Crippen molar-refractivity contribution in [1.82, 2.24) is 19.9 Å². The lowest BCUT2D eigenvalue weighted by atomic mass is 9.93. The molecule has 2 fully saturated rings. The summed E-state index contributed by atoms with van der Waals surface area (Å²) in [6, 6.07) is 0.312. The molecule has 1 aliphatic carbocycles. The van der Waals surface area contributed by atoms with Crippen LogP contribution in [-0.2, 0) is 10.2 Å². The minimum absolute atomic E-state index is 0.0443. The molecule has 1 amide bonds. The van der Waals surface area contributed by atoms with Crippen molar-refractivity contribution in [2.45, 2.75) is 77.2 Å². The molecule has 0 radical (unpaired) electrons. The Labute approximate surface area is 165 Å². The van der Waals surface area contributed by atoms with Crippen molar-refractivity contribution >= 4 is 27.3 Å². The van der Waals surface area contributed by atoms with Crippen molar-refractivity contribution < 1.29 is 4.79 Å². The molecule has 7 heteroatoms. The van der Waals surface area contributed by atoms with E-state index < -0.39 is 0 Å². The van der Waals surface area contributed by atoms with Gasteiger partial charge in [0.1, 0.15) is 0 Å². The number of amides is 1. The number of fused-ring (bicyclic) bond motifs is 1. The van der Waals surface area contributed by atoms with Gasteiger partial charge >= 0.3 is 0 Å². The first kappa shape index (κ1) is 18.7. The first-order chi connectivity index (χ1) is 12.9. The molecule has 3 heterocycles. The molecule has 6 nitrogen and oxygen atoms in total. The van der Waals surface area contributed by atoms with Crippen molar-refractivity contribution in [3.8, 4) is 0 Å². The first-order valence-corrected chi connectivity index (χ1v) is 11.1. The third-order valence-electron chi connectivity index (χ3n) is 5.88. The number of rotatable bonds is 4. The molecule has 0 unspecified atom stereocenters. The van der Waals surface area contributed by atoms with E-state index in [1.165, 1.54) is 25.7 Å². The maximum Gasteiger partial charge on any atom is 0.220 e. The van der Waals surface area contributed by atoms with Crippen molar-refractivity contribution in [2.24, 2.45) is 5.92 Å². The third-order valence-corrected chi connectivity index (χ3v) is 6.86. The molecule has 0 spiro atoms. The number of anilines is 1. The predicted molar refractivity (Wildman–Crippen MR) is 110 cm³/mol. The van der Waals surface area contributed by atoms with E-state index in [1.807, 2.05) is 10.7 Å². The molecular weight excluding hydrogens is 358 g/mol. The van der Waals surface area contributed by atoms with Crippen LogP contribution in [0.3, 0.4) is 0 Å². The Morgan fingerprint density at radius 3 is 2.56 bits per heavy atom. The molecule has 0 aromatic carbocycles. The molecule has 4 rings (SSSR count). The van der Waals surface area contributed by atoms with Gasteiger partial charge in [-0.1, -0.05) is 44.9 Å². The summed E-state index contributed by atoms with van der Waals surface area (Å²) in [5.41, 5.74) is 1.12. The number of imidazole rings is 1.